The molecular weight excluding hydrogens is 475 g/mol. The third-order valence-corrected chi connectivity index (χ3v) is 5.90. The van der Waals surface area contributed by atoms with Crippen molar-refractivity contribution in [1.29, 1.82) is 0 Å². The fourth-order valence-corrected chi connectivity index (χ4v) is 3.98. The van der Waals surface area contributed by atoms with Gasteiger partial charge in [0.05, 0.1) is 22.3 Å². The number of rotatable bonds is 10. The van der Waals surface area contributed by atoms with Crippen LogP contribution in [0.5, 0.6) is 0 Å². The Labute approximate surface area is 204 Å². The van der Waals surface area contributed by atoms with Gasteiger partial charge in [-0.15, -0.1) is 16.8 Å². The maximum atomic E-state index is 13.9. The lowest BCUT2D eigenvalue weighted by atomic mass is 10.2. The normalized spacial score (nSPS) is 11.5. The van der Waals surface area contributed by atoms with E-state index in [1.54, 1.807) is 30.6 Å². The molecular formula is C23H23FN6O4S. The van der Waals surface area contributed by atoms with Gasteiger partial charge in [0.15, 0.2) is 11.0 Å². The van der Waals surface area contributed by atoms with E-state index in [1.807, 2.05) is 0 Å². The molecule has 1 heterocycles. The van der Waals surface area contributed by atoms with Crippen LogP contribution in [-0.4, -0.2) is 37.3 Å². The predicted octanol–water partition coefficient (Wildman–Crippen LogP) is 4.04. The number of thioether (sulfide) groups is 1. The molecule has 0 aliphatic heterocycles. The monoisotopic (exact) mass is 498 g/mol. The molecule has 0 aliphatic carbocycles. The smallest absolute Gasteiger partial charge is 0.269 e. The summed E-state index contributed by atoms with van der Waals surface area (Å²) < 4.78 is 15.6. The molecule has 1 atom stereocenters. The molecule has 0 saturated carbocycles. The van der Waals surface area contributed by atoms with E-state index in [0.29, 0.717) is 28.8 Å². The standard InChI is InChI=1S/C23H23FN6O4S/c1-4-11-29-21(15(3)25-22(32)17-7-5-6-8-18(17)24)27-28-23(29)35-13-20(31)26-19-10-9-16(30(33)34)12-14(19)2/h4-10,12,15H,1,11,13H2,2-3H3,(H,25,32)(H,26,31)/t15-/m1/s1. The second-order valence-electron chi connectivity index (χ2n) is 7.51. The van der Waals surface area contributed by atoms with Gasteiger partial charge < -0.3 is 15.2 Å². The number of carbonyl (C=O) groups is 2. The van der Waals surface area contributed by atoms with E-state index >= 15 is 0 Å². The first-order valence-electron chi connectivity index (χ1n) is 10.5. The number of carbonyl (C=O) groups excluding carboxylic acids is 2. The summed E-state index contributed by atoms with van der Waals surface area (Å²) in [7, 11) is 0. The van der Waals surface area contributed by atoms with Crippen molar-refractivity contribution in [3.8, 4) is 0 Å². The van der Waals surface area contributed by atoms with Crippen LogP contribution in [-0.2, 0) is 11.3 Å². The Kier molecular flexibility index (Phi) is 8.31. The molecule has 10 nitrogen and oxygen atoms in total. The minimum absolute atomic E-state index is 0.00166. The molecule has 1 aromatic heterocycles. The Hall–Kier alpha value is -4.06. The topological polar surface area (TPSA) is 132 Å². The van der Waals surface area contributed by atoms with Gasteiger partial charge in [-0.05, 0) is 37.6 Å². The average Bonchev–Trinajstić information content (AvgIpc) is 3.22. The third kappa shape index (κ3) is 6.29. The Bertz CT molecular complexity index is 1280. The molecule has 0 saturated heterocycles. The number of halogens is 1. The number of nitro groups is 1. The number of nitrogens with zero attached hydrogens (tertiary/aromatic N) is 4. The van der Waals surface area contributed by atoms with E-state index in [1.165, 1.54) is 36.4 Å². The number of allylic oxidation sites excluding steroid dienone is 1. The summed E-state index contributed by atoms with van der Waals surface area (Å²) in [5, 5.41) is 25.0. The summed E-state index contributed by atoms with van der Waals surface area (Å²) in [5.41, 5.74) is 0.895. The fourth-order valence-electron chi connectivity index (χ4n) is 3.23. The Morgan fingerprint density at radius 1 is 1.29 bits per heavy atom. The van der Waals surface area contributed by atoms with E-state index in [2.05, 4.69) is 27.4 Å². The SMILES string of the molecule is C=CCn1c(SCC(=O)Nc2ccc([N+](=O)[O-])cc2C)nnc1[C@@H](C)NC(=O)c1ccccc1F. The van der Waals surface area contributed by atoms with Gasteiger partial charge in [0, 0.05) is 24.4 Å². The lowest BCUT2D eigenvalue weighted by Gasteiger charge is -2.15. The van der Waals surface area contributed by atoms with Crippen LogP contribution in [0.25, 0.3) is 0 Å². The number of anilines is 1. The van der Waals surface area contributed by atoms with Gasteiger partial charge in [-0.3, -0.25) is 19.7 Å². The van der Waals surface area contributed by atoms with E-state index in [-0.39, 0.29) is 22.9 Å². The molecule has 0 unspecified atom stereocenters. The largest absolute Gasteiger partial charge is 0.342 e. The highest BCUT2D eigenvalue weighted by atomic mass is 32.2. The van der Waals surface area contributed by atoms with Crippen LogP contribution in [0.2, 0.25) is 0 Å². The van der Waals surface area contributed by atoms with Crippen molar-refractivity contribution in [3.63, 3.8) is 0 Å². The Morgan fingerprint density at radius 2 is 2.03 bits per heavy atom. The highest BCUT2D eigenvalue weighted by Gasteiger charge is 2.21. The lowest BCUT2D eigenvalue weighted by Crippen LogP contribution is -2.29. The highest BCUT2D eigenvalue weighted by Crippen LogP contribution is 2.24. The van der Waals surface area contributed by atoms with Gasteiger partial charge in [0.1, 0.15) is 5.82 Å². The minimum Gasteiger partial charge on any atom is -0.342 e. The summed E-state index contributed by atoms with van der Waals surface area (Å²) in [4.78, 5) is 35.3. The number of nitro benzene ring substituents is 1. The maximum Gasteiger partial charge on any atom is 0.269 e. The summed E-state index contributed by atoms with van der Waals surface area (Å²) in [5.74, 6) is -1.13. The second-order valence-corrected chi connectivity index (χ2v) is 8.45. The molecule has 35 heavy (non-hydrogen) atoms. The first kappa shape index (κ1) is 25.6. The molecule has 0 spiro atoms. The first-order valence-corrected chi connectivity index (χ1v) is 11.5. The number of aromatic nitrogens is 3. The van der Waals surface area contributed by atoms with Crippen molar-refractivity contribution in [2.24, 2.45) is 0 Å². The van der Waals surface area contributed by atoms with Crippen LogP contribution < -0.4 is 10.6 Å². The van der Waals surface area contributed by atoms with Gasteiger partial charge in [0.25, 0.3) is 11.6 Å². The predicted molar refractivity (Wildman–Crippen MR) is 130 cm³/mol. The molecule has 2 amide bonds. The van der Waals surface area contributed by atoms with Crippen molar-refractivity contribution < 1.29 is 18.9 Å². The van der Waals surface area contributed by atoms with Crippen LogP contribution in [0.15, 0.2) is 60.3 Å². The van der Waals surface area contributed by atoms with Gasteiger partial charge in [-0.1, -0.05) is 30.0 Å². The van der Waals surface area contributed by atoms with E-state index < -0.39 is 22.7 Å². The van der Waals surface area contributed by atoms with Gasteiger partial charge in [0.2, 0.25) is 5.91 Å². The molecule has 3 aromatic rings. The number of aryl methyl sites for hydroxylation is 1. The molecule has 0 aliphatic rings. The van der Waals surface area contributed by atoms with E-state index in [9.17, 15) is 24.1 Å². The van der Waals surface area contributed by atoms with Crippen molar-refractivity contribution in [2.45, 2.75) is 31.6 Å². The van der Waals surface area contributed by atoms with Crippen LogP contribution in [0.4, 0.5) is 15.8 Å². The molecule has 0 fully saturated rings. The zero-order chi connectivity index (χ0) is 25.5. The molecule has 2 N–H and O–H groups in total. The molecule has 0 bridgehead atoms. The number of benzene rings is 2. The zero-order valence-electron chi connectivity index (χ0n) is 19.0. The van der Waals surface area contributed by atoms with Crippen LogP contribution in [0, 0.1) is 22.9 Å². The minimum atomic E-state index is -0.629. The molecule has 12 heteroatoms. The number of non-ortho nitro benzene ring substituents is 1. The summed E-state index contributed by atoms with van der Waals surface area (Å²) in [6.07, 6.45) is 1.63. The number of nitrogens with one attached hydrogen (secondary N) is 2. The first-order chi connectivity index (χ1) is 16.7. The van der Waals surface area contributed by atoms with E-state index in [4.69, 9.17) is 0 Å². The summed E-state index contributed by atoms with van der Waals surface area (Å²) >= 11 is 1.13. The van der Waals surface area contributed by atoms with Crippen molar-refractivity contribution in [3.05, 3.63) is 88.0 Å². The van der Waals surface area contributed by atoms with Crippen molar-refractivity contribution in [2.75, 3.05) is 11.1 Å². The number of amides is 2. The van der Waals surface area contributed by atoms with Gasteiger partial charge in [-0.25, -0.2) is 4.39 Å². The van der Waals surface area contributed by atoms with Crippen molar-refractivity contribution >= 4 is 35.0 Å². The zero-order valence-corrected chi connectivity index (χ0v) is 19.8. The maximum absolute atomic E-state index is 13.9. The summed E-state index contributed by atoms with van der Waals surface area (Å²) in [6, 6.07) is 9.25. The Morgan fingerprint density at radius 3 is 2.69 bits per heavy atom. The van der Waals surface area contributed by atoms with Gasteiger partial charge in [-0.2, -0.15) is 0 Å². The summed E-state index contributed by atoms with van der Waals surface area (Å²) in [6.45, 7) is 7.42. The number of hydrogen-bond acceptors (Lipinski definition) is 7. The molecule has 0 radical (unpaired) electrons. The van der Waals surface area contributed by atoms with E-state index in [0.717, 1.165) is 11.8 Å². The highest BCUT2D eigenvalue weighted by molar-refractivity contribution is 7.99. The third-order valence-electron chi connectivity index (χ3n) is 4.94. The fraction of sp³-hybridized carbons (Fsp3) is 0.217. The Balaban J connectivity index is 1.67. The number of hydrogen-bond donors (Lipinski definition) is 2. The molecule has 3 rings (SSSR count). The average molecular weight is 499 g/mol. The molecule has 2 aromatic carbocycles. The van der Waals surface area contributed by atoms with Crippen molar-refractivity contribution in [1.82, 2.24) is 20.1 Å². The van der Waals surface area contributed by atoms with Crippen LogP contribution in [0.3, 0.4) is 0 Å². The lowest BCUT2D eigenvalue weighted by molar-refractivity contribution is -0.384. The van der Waals surface area contributed by atoms with Crippen LogP contribution in [0.1, 0.15) is 34.7 Å². The molecule has 182 valence electrons. The van der Waals surface area contributed by atoms with Crippen LogP contribution >= 0.6 is 11.8 Å². The quantitative estimate of drug-likeness (QED) is 0.187. The van der Waals surface area contributed by atoms with Gasteiger partial charge >= 0.3 is 0 Å². The second kappa shape index (κ2) is 11.4.